The van der Waals surface area contributed by atoms with Gasteiger partial charge in [-0.3, -0.25) is 0 Å². The van der Waals surface area contributed by atoms with E-state index in [0.717, 1.165) is 12.2 Å². The van der Waals surface area contributed by atoms with Gasteiger partial charge in [0.2, 0.25) is 0 Å². The van der Waals surface area contributed by atoms with Crippen molar-refractivity contribution in [1.82, 2.24) is 0 Å². The number of hydrogen-bond donors (Lipinski definition) is 0. The van der Waals surface area contributed by atoms with Crippen molar-refractivity contribution in [3.05, 3.63) is 0 Å². The van der Waals surface area contributed by atoms with E-state index in [9.17, 15) is 8.42 Å². The molecule has 0 aromatic rings. The van der Waals surface area contributed by atoms with E-state index in [2.05, 4.69) is 13.8 Å². The normalized spacial score (nSPS) is 28.1. The molecule has 1 rings (SSSR count). The highest BCUT2D eigenvalue weighted by Gasteiger charge is 2.27. The van der Waals surface area contributed by atoms with Crippen molar-refractivity contribution in [2.75, 3.05) is 17.3 Å². The van der Waals surface area contributed by atoms with Crippen LogP contribution in [0.1, 0.15) is 20.3 Å². The van der Waals surface area contributed by atoms with Gasteiger partial charge in [-0.15, -0.1) is 0 Å². The highest BCUT2D eigenvalue weighted by molar-refractivity contribution is 8.01. The third-order valence-electron chi connectivity index (χ3n) is 1.86. The minimum Gasteiger partial charge on any atom is -0.229 e. The van der Waals surface area contributed by atoms with E-state index >= 15 is 0 Å². The van der Waals surface area contributed by atoms with Crippen LogP contribution in [-0.4, -0.2) is 30.9 Å². The average molecular weight is 208 g/mol. The maximum atomic E-state index is 11.1. The zero-order chi connectivity index (χ0) is 9.19. The standard InChI is InChI=1S/C8H16O2S2/c1-7(2)5-11-8-3-4-12(9,10)6-8/h7-8H,3-6H2,1-2H3. The van der Waals surface area contributed by atoms with E-state index in [1.165, 1.54) is 0 Å². The maximum Gasteiger partial charge on any atom is 0.151 e. The van der Waals surface area contributed by atoms with E-state index in [-0.39, 0.29) is 0 Å². The van der Waals surface area contributed by atoms with Gasteiger partial charge in [0, 0.05) is 5.25 Å². The van der Waals surface area contributed by atoms with Gasteiger partial charge in [0.15, 0.2) is 9.84 Å². The molecule has 1 atom stereocenters. The van der Waals surface area contributed by atoms with Gasteiger partial charge in [-0.05, 0) is 18.1 Å². The Labute approximate surface area is 79.0 Å². The minimum absolute atomic E-state index is 0.373. The first-order valence-electron chi connectivity index (χ1n) is 4.31. The molecule has 1 fully saturated rings. The average Bonchev–Trinajstić information content (AvgIpc) is 2.26. The summed E-state index contributed by atoms with van der Waals surface area (Å²) in [4.78, 5) is 0. The molecule has 0 saturated carbocycles. The summed E-state index contributed by atoms with van der Waals surface area (Å²) >= 11 is 1.82. The maximum absolute atomic E-state index is 11.1. The van der Waals surface area contributed by atoms with Crippen LogP contribution in [0.25, 0.3) is 0 Å². The highest BCUT2D eigenvalue weighted by atomic mass is 32.2. The lowest BCUT2D eigenvalue weighted by molar-refractivity contribution is 0.602. The molecule has 0 aromatic heterocycles. The predicted octanol–water partition coefficient (Wildman–Crippen LogP) is 1.56. The lowest BCUT2D eigenvalue weighted by Gasteiger charge is -2.08. The van der Waals surface area contributed by atoms with Crippen molar-refractivity contribution in [3.63, 3.8) is 0 Å². The second-order valence-corrected chi connectivity index (χ2v) is 7.31. The number of sulfone groups is 1. The van der Waals surface area contributed by atoms with Crippen LogP contribution >= 0.6 is 11.8 Å². The zero-order valence-corrected chi connectivity index (χ0v) is 9.25. The van der Waals surface area contributed by atoms with Crippen molar-refractivity contribution in [1.29, 1.82) is 0 Å². The van der Waals surface area contributed by atoms with Crippen LogP contribution < -0.4 is 0 Å². The van der Waals surface area contributed by atoms with Gasteiger partial charge in [0.25, 0.3) is 0 Å². The zero-order valence-electron chi connectivity index (χ0n) is 7.62. The smallest absolute Gasteiger partial charge is 0.151 e. The van der Waals surface area contributed by atoms with Crippen LogP contribution in [0.4, 0.5) is 0 Å². The van der Waals surface area contributed by atoms with Gasteiger partial charge in [-0.1, -0.05) is 13.8 Å². The van der Waals surface area contributed by atoms with Crippen LogP contribution in [0.5, 0.6) is 0 Å². The molecule has 1 aliphatic heterocycles. The lowest BCUT2D eigenvalue weighted by Crippen LogP contribution is -2.08. The molecule has 1 unspecified atom stereocenters. The molecule has 1 saturated heterocycles. The van der Waals surface area contributed by atoms with Crippen molar-refractivity contribution >= 4 is 21.6 Å². The third-order valence-corrected chi connectivity index (χ3v) is 5.57. The fourth-order valence-electron chi connectivity index (χ4n) is 1.22. The van der Waals surface area contributed by atoms with E-state index in [0.29, 0.717) is 22.7 Å². The summed E-state index contributed by atoms with van der Waals surface area (Å²) in [5.74, 6) is 2.56. The molecule has 1 heterocycles. The molecular weight excluding hydrogens is 192 g/mol. The Morgan fingerprint density at radius 2 is 2.17 bits per heavy atom. The largest absolute Gasteiger partial charge is 0.229 e. The molecule has 2 nitrogen and oxygen atoms in total. The molecule has 0 spiro atoms. The number of thioether (sulfide) groups is 1. The van der Waals surface area contributed by atoms with Crippen molar-refractivity contribution in [2.24, 2.45) is 5.92 Å². The van der Waals surface area contributed by atoms with E-state index in [1.807, 2.05) is 11.8 Å². The second kappa shape index (κ2) is 4.01. The topological polar surface area (TPSA) is 34.1 Å². The van der Waals surface area contributed by atoms with Crippen LogP contribution in [0.15, 0.2) is 0 Å². The van der Waals surface area contributed by atoms with E-state index in [1.54, 1.807) is 0 Å². The third kappa shape index (κ3) is 3.35. The molecule has 0 aliphatic carbocycles. The summed E-state index contributed by atoms with van der Waals surface area (Å²) in [7, 11) is -2.66. The Bertz CT molecular complexity index is 231. The van der Waals surface area contributed by atoms with E-state index < -0.39 is 9.84 Å². The van der Waals surface area contributed by atoms with Gasteiger partial charge in [0.05, 0.1) is 11.5 Å². The van der Waals surface area contributed by atoms with Crippen molar-refractivity contribution in [2.45, 2.75) is 25.5 Å². The first-order valence-corrected chi connectivity index (χ1v) is 7.18. The lowest BCUT2D eigenvalue weighted by atomic mass is 10.3. The fourth-order valence-corrected chi connectivity index (χ4v) is 4.86. The van der Waals surface area contributed by atoms with Crippen LogP contribution in [0.2, 0.25) is 0 Å². The SMILES string of the molecule is CC(C)CSC1CCS(=O)(=O)C1. The summed E-state index contributed by atoms with van der Waals surface area (Å²) in [6.07, 6.45) is 0.861. The molecule has 0 N–H and O–H groups in total. The Hall–Kier alpha value is 0.300. The summed E-state index contributed by atoms with van der Waals surface area (Å²) in [5.41, 5.74) is 0. The Morgan fingerprint density at radius 3 is 2.58 bits per heavy atom. The van der Waals surface area contributed by atoms with Gasteiger partial charge in [-0.2, -0.15) is 11.8 Å². The van der Waals surface area contributed by atoms with Crippen molar-refractivity contribution in [3.8, 4) is 0 Å². The minimum atomic E-state index is -2.66. The summed E-state index contributed by atoms with van der Waals surface area (Å²) < 4.78 is 22.1. The summed E-state index contributed by atoms with van der Waals surface area (Å²) in [6.45, 7) is 4.33. The second-order valence-electron chi connectivity index (χ2n) is 3.75. The number of rotatable bonds is 3. The van der Waals surface area contributed by atoms with Crippen LogP contribution in [0, 0.1) is 5.92 Å². The molecule has 0 aromatic carbocycles. The highest BCUT2D eigenvalue weighted by Crippen LogP contribution is 2.25. The fraction of sp³-hybridized carbons (Fsp3) is 1.00. The Kier molecular flexibility index (Phi) is 3.47. The molecule has 12 heavy (non-hydrogen) atoms. The molecule has 0 radical (unpaired) electrons. The molecule has 1 aliphatic rings. The first-order chi connectivity index (χ1) is 5.49. The quantitative estimate of drug-likeness (QED) is 0.706. The molecule has 4 heteroatoms. The van der Waals surface area contributed by atoms with Crippen LogP contribution in [0.3, 0.4) is 0 Å². The molecule has 0 bridgehead atoms. The summed E-state index contributed by atoms with van der Waals surface area (Å²) in [5, 5.41) is 0.373. The molecule has 72 valence electrons. The Morgan fingerprint density at radius 1 is 1.50 bits per heavy atom. The summed E-state index contributed by atoms with van der Waals surface area (Å²) in [6, 6.07) is 0. The molecule has 0 amide bonds. The number of hydrogen-bond acceptors (Lipinski definition) is 3. The van der Waals surface area contributed by atoms with Gasteiger partial charge in [-0.25, -0.2) is 8.42 Å². The van der Waals surface area contributed by atoms with Gasteiger partial charge in [0.1, 0.15) is 0 Å². The Balaban J connectivity index is 2.29. The van der Waals surface area contributed by atoms with Crippen LogP contribution in [-0.2, 0) is 9.84 Å². The van der Waals surface area contributed by atoms with Gasteiger partial charge >= 0.3 is 0 Å². The monoisotopic (exact) mass is 208 g/mol. The predicted molar refractivity (Wildman–Crippen MR) is 54.4 cm³/mol. The van der Waals surface area contributed by atoms with Gasteiger partial charge < -0.3 is 0 Å². The first kappa shape index (κ1) is 10.4. The van der Waals surface area contributed by atoms with Crippen molar-refractivity contribution < 1.29 is 8.42 Å². The molecular formula is C8H16O2S2. The van der Waals surface area contributed by atoms with E-state index in [4.69, 9.17) is 0 Å².